The van der Waals surface area contributed by atoms with E-state index >= 15 is 0 Å². The van der Waals surface area contributed by atoms with Crippen molar-refractivity contribution in [1.29, 1.82) is 0 Å². The number of sulfonamides is 1. The number of rotatable bonds is 4. The molecular formula is C6H9N7O2S2. The van der Waals surface area contributed by atoms with E-state index in [0.29, 0.717) is 5.82 Å². The van der Waals surface area contributed by atoms with E-state index in [1.807, 2.05) is 0 Å². The average Bonchev–Trinajstić information content (AvgIpc) is 2.85. The molecule has 2 aromatic rings. The number of nitrogens with zero attached hydrogens (tertiary/aromatic N) is 5. The summed E-state index contributed by atoms with van der Waals surface area (Å²) in [5.41, 5.74) is 5.32. The Hall–Kier alpha value is -1.59. The molecule has 0 aliphatic rings. The third-order valence-corrected chi connectivity index (χ3v) is 4.40. The summed E-state index contributed by atoms with van der Waals surface area (Å²) in [4.78, 5) is 0. The van der Waals surface area contributed by atoms with Crippen LogP contribution in [0.15, 0.2) is 10.7 Å². The summed E-state index contributed by atoms with van der Waals surface area (Å²) in [5, 5.41) is 14.4. The highest BCUT2D eigenvalue weighted by atomic mass is 32.2. The highest BCUT2D eigenvalue weighted by Gasteiger charge is 2.19. The number of nitrogens with two attached hydrogens (primary N) is 1. The molecule has 11 heteroatoms. The van der Waals surface area contributed by atoms with Crippen LogP contribution in [0.4, 0.5) is 5.13 Å². The van der Waals surface area contributed by atoms with Gasteiger partial charge >= 0.3 is 0 Å². The molecule has 2 heterocycles. The van der Waals surface area contributed by atoms with Gasteiger partial charge in [-0.2, -0.15) is 0 Å². The van der Waals surface area contributed by atoms with E-state index in [1.54, 1.807) is 11.6 Å². The highest BCUT2D eigenvalue weighted by molar-refractivity contribution is 7.91. The predicted molar refractivity (Wildman–Crippen MR) is 59.3 cm³/mol. The molecule has 92 valence electrons. The standard InChI is InChI=1S/C6H9N7O2S2/c1-13-3-8-10-4(13)2-9-17(14,15)6-12-11-5(7)16-6/h3,9H,2H2,1H3,(H2,7,11). The lowest BCUT2D eigenvalue weighted by molar-refractivity contribution is 0.575. The van der Waals surface area contributed by atoms with Crippen molar-refractivity contribution in [3.8, 4) is 0 Å². The number of aromatic nitrogens is 5. The fourth-order valence-corrected chi connectivity index (χ4v) is 2.82. The molecule has 2 aromatic heterocycles. The molecule has 0 amide bonds. The van der Waals surface area contributed by atoms with Crippen molar-refractivity contribution in [1.82, 2.24) is 29.7 Å². The van der Waals surface area contributed by atoms with Gasteiger partial charge in [0.25, 0.3) is 10.0 Å². The molecule has 17 heavy (non-hydrogen) atoms. The fourth-order valence-electron chi connectivity index (χ4n) is 1.02. The Labute approximate surface area is 101 Å². The van der Waals surface area contributed by atoms with Crippen LogP contribution in [0.1, 0.15) is 5.82 Å². The molecule has 0 aliphatic heterocycles. The largest absolute Gasteiger partial charge is 0.374 e. The van der Waals surface area contributed by atoms with Gasteiger partial charge in [-0.1, -0.05) is 11.3 Å². The SMILES string of the molecule is Cn1cnnc1CNS(=O)(=O)c1nnc(N)s1. The molecule has 0 atom stereocenters. The molecule has 0 unspecified atom stereocenters. The molecule has 0 aromatic carbocycles. The molecule has 0 radical (unpaired) electrons. The minimum Gasteiger partial charge on any atom is -0.374 e. The predicted octanol–water partition coefficient (Wildman–Crippen LogP) is -1.27. The Bertz CT molecular complexity index is 616. The van der Waals surface area contributed by atoms with Crippen LogP contribution in [0.25, 0.3) is 0 Å². The quantitative estimate of drug-likeness (QED) is 0.711. The van der Waals surface area contributed by atoms with E-state index in [2.05, 4.69) is 25.1 Å². The lowest BCUT2D eigenvalue weighted by atomic mass is 10.6. The maximum absolute atomic E-state index is 11.7. The molecule has 0 bridgehead atoms. The topological polar surface area (TPSA) is 129 Å². The first kappa shape index (κ1) is 11.9. The van der Waals surface area contributed by atoms with Crippen LogP contribution in [0.2, 0.25) is 0 Å². The van der Waals surface area contributed by atoms with E-state index in [-0.39, 0.29) is 16.0 Å². The van der Waals surface area contributed by atoms with Gasteiger partial charge in [0.1, 0.15) is 12.2 Å². The van der Waals surface area contributed by atoms with Crippen molar-refractivity contribution in [3.63, 3.8) is 0 Å². The molecular weight excluding hydrogens is 266 g/mol. The Morgan fingerprint density at radius 2 is 2.24 bits per heavy atom. The van der Waals surface area contributed by atoms with E-state index in [4.69, 9.17) is 5.73 Å². The molecule has 0 aliphatic carbocycles. The van der Waals surface area contributed by atoms with Crippen LogP contribution in [-0.2, 0) is 23.6 Å². The van der Waals surface area contributed by atoms with Gasteiger partial charge in [-0.25, -0.2) is 13.1 Å². The summed E-state index contributed by atoms with van der Waals surface area (Å²) in [6.45, 7) is 0.0261. The Morgan fingerprint density at radius 1 is 1.47 bits per heavy atom. The first-order chi connectivity index (χ1) is 7.99. The third kappa shape index (κ3) is 2.57. The van der Waals surface area contributed by atoms with E-state index < -0.39 is 10.0 Å². The number of nitrogen functional groups attached to an aromatic ring is 1. The van der Waals surface area contributed by atoms with Gasteiger partial charge < -0.3 is 10.3 Å². The monoisotopic (exact) mass is 275 g/mol. The molecule has 2 rings (SSSR count). The second-order valence-corrected chi connectivity index (χ2v) is 6.04. The molecule has 0 saturated carbocycles. The maximum Gasteiger partial charge on any atom is 0.270 e. The Kier molecular flexibility index (Phi) is 3.04. The maximum atomic E-state index is 11.7. The smallest absolute Gasteiger partial charge is 0.270 e. The van der Waals surface area contributed by atoms with Crippen molar-refractivity contribution >= 4 is 26.5 Å². The molecule has 0 saturated heterocycles. The minimum absolute atomic E-state index is 0.0261. The van der Waals surface area contributed by atoms with E-state index in [9.17, 15) is 8.42 Å². The molecule has 0 fully saturated rings. The molecule has 0 spiro atoms. The van der Waals surface area contributed by atoms with Crippen LogP contribution in [0, 0.1) is 0 Å². The van der Waals surface area contributed by atoms with Gasteiger partial charge in [0.05, 0.1) is 6.54 Å². The number of nitrogens with one attached hydrogen (secondary N) is 1. The van der Waals surface area contributed by atoms with Crippen molar-refractivity contribution in [3.05, 3.63) is 12.2 Å². The summed E-state index contributed by atoms with van der Waals surface area (Å²) in [6.07, 6.45) is 1.48. The summed E-state index contributed by atoms with van der Waals surface area (Å²) in [6, 6.07) is 0. The van der Waals surface area contributed by atoms with Crippen LogP contribution in [0.5, 0.6) is 0 Å². The number of hydrogen-bond donors (Lipinski definition) is 2. The van der Waals surface area contributed by atoms with Crippen molar-refractivity contribution in [2.24, 2.45) is 7.05 Å². The zero-order valence-electron chi connectivity index (χ0n) is 8.73. The van der Waals surface area contributed by atoms with Crippen LogP contribution >= 0.6 is 11.3 Å². The van der Waals surface area contributed by atoms with Gasteiger partial charge in [-0.05, 0) is 0 Å². The number of hydrogen-bond acceptors (Lipinski definition) is 8. The second-order valence-electron chi connectivity index (χ2n) is 3.09. The van der Waals surface area contributed by atoms with Crippen LogP contribution in [0.3, 0.4) is 0 Å². The normalized spacial score (nSPS) is 11.8. The number of anilines is 1. The summed E-state index contributed by atoms with van der Waals surface area (Å²) < 4.78 is 27.2. The van der Waals surface area contributed by atoms with Crippen molar-refractivity contribution < 1.29 is 8.42 Å². The second kappa shape index (κ2) is 4.35. The number of aryl methyl sites for hydroxylation is 1. The first-order valence-corrected chi connectivity index (χ1v) is 6.70. The Morgan fingerprint density at radius 3 is 2.76 bits per heavy atom. The summed E-state index contributed by atoms with van der Waals surface area (Å²) in [5.74, 6) is 0.492. The average molecular weight is 275 g/mol. The lowest BCUT2D eigenvalue weighted by Gasteiger charge is -2.02. The highest BCUT2D eigenvalue weighted by Crippen LogP contribution is 2.16. The molecule has 3 N–H and O–H groups in total. The van der Waals surface area contributed by atoms with Gasteiger partial charge in [-0.3, -0.25) is 0 Å². The van der Waals surface area contributed by atoms with Crippen molar-refractivity contribution in [2.75, 3.05) is 5.73 Å². The van der Waals surface area contributed by atoms with E-state index in [0.717, 1.165) is 11.3 Å². The molecule has 9 nitrogen and oxygen atoms in total. The van der Waals surface area contributed by atoms with Gasteiger partial charge in [0.15, 0.2) is 0 Å². The minimum atomic E-state index is -3.70. The van der Waals surface area contributed by atoms with Gasteiger partial charge in [-0.15, -0.1) is 20.4 Å². The summed E-state index contributed by atoms with van der Waals surface area (Å²) >= 11 is 0.798. The van der Waals surface area contributed by atoms with Crippen LogP contribution in [-0.4, -0.2) is 33.4 Å². The zero-order valence-corrected chi connectivity index (χ0v) is 10.4. The fraction of sp³-hybridized carbons (Fsp3) is 0.333. The third-order valence-electron chi connectivity index (χ3n) is 1.88. The van der Waals surface area contributed by atoms with Crippen molar-refractivity contribution in [2.45, 2.75) is 10.9 Å². The van der Waals surface area contributed by atoms with Crippen LogP contribution < -0.4 is 10.5 Å². The Balaban J connectivity index is 2.11. The zero-order chi connectivity index (χ0) is 12.5. The van der Waals surface area contributed by atoms with E-state index in [1.165, 1.54) is 6.33 Å². The summed E-state index contributed by atoms with van der Waals surface area (Å²) in [7, 11) is -1.98. The lowest BCUT2D eigenvalue weighted by Crippen LogP contribution is -2.24. The first-order valence-electron chi connectivity index (χ1n) is 4.40. The van der Waals surface area contributed by atoms with Gasteiger partial charge in [0.2, 0.25) is 9.47 Å². The van der Waals surface area contributed by atoms with Gasteiger partial charge in [0, 0.05) is 7.05 Å².